The van der Waals surface area contributed by atoms with Crippen molar-refractivity contribution in [1.82, 2.24) is 0 Å². The van der Waals surface area contributed by atoms with Crippen LogP contribution in [0.15, 0.2) is 24.3 Å². The summed E-state index contributed by atoms with van der Waals surface area (Å²) in [5, 5.41) is 0. The van der Waals surface area contributed by atoms with Crippen molar-refractivity contribution in [2.75, 3.05) is 6.67 Å². The second-order valence-corrected chi connectivity index (χ2v) is 2.81. The molecule has 0 atom stereocenters. The summed E-state index contributed by atoms with van der Waals surface area (Å²) in [6.07, 6.45) is 1.43. The average Bonchev–Trinajstić information content (AvgIpc) is 2.15. The van der Waals surface area contributed by atoms with Crippen molar-refractivity contribution in [2.45, 2.75) is 19.4 Å². The molecule has 0 aromatic heterocycles. The van der Waals surface area contributed by atoms with Crippen molar-refractivity contribution in [1.29, 1.82) is 0 Å². The van der Waals surface area contributed by atoms with E-state index in [2.05, 4.69) is 0 Å². The zero-order valence-electron chi connectivity index (χ0n) is 7.09. The maximum atomic E-state index is 11.8. The number of halogens is 1. The molecule has 66 valence electrons. The first-order valence-electron chi connectivity index (χ1n) is 4.20. The summed E-state index contributed by atoms with van der Waals surface area (Å²) in [6, 6.07) is 8.01. The van der Waals surface area contributed by atoms with Gasteiger partial charge in [-0.05, 0) is 24.0 Å². The van der Waals surface area contributed by atoms with Crippen LogP contribution < -0.4 is 5.73 Å². The minimum atomic E-state index is -0.237. The van der Waals surface area contributed by atoms with E-state index in [1.54, 1.807) is 0 Å². The predicted molar refractivity (Wildman–Crippen MR) is 48.6 cm³/mol. The topological polar surface area (TPSA) is 26.0 Å². The van der Waals surface area contributed by atoms with Crippen molar-refractivity contribution in [3.63, 3.8) is 0 Å². The number of rotatable bonds is 4. The van der Waals surface area contributed by atoms with Crippen LogP contribution in [0.4, 0.5) is 4.39 Å². The molecule has 0 saturated carbocycles. The molecule has 1 aromatic carbocycles. The van der Waals surface area contributed by atoms with E-state index in [1.165, 1.54) is 5.56 Å². The zero-order valence-corrected chi connectivity index (χ0v) is 7.09. The molecule has 12 heavy (non-hydrogen) atoms. The summed E-state index contributed by atoms with van der Waals surface area (Å²) in [7, 11) is 0. The molecular weight excluding hydrogens is 153 g/mol. The molecule has 2 N–H and O–H groups in total. The van der Waals surface area contributed by atoms with Crippen molar-refractivity contribution >= 4 is 0 Å². The van der Waals surface area contributed by atoms with Crippen molar-refractivity contribution in [3.8, 4) is 0 Å². The molecule has 1 rings (SSSR count). The molecule has 0 unspecified atom stereocenters. The van der Waals surface area contributed by atoms with Gasteiger partial charge in [-0.3, -0.25) is 4.39 Å². The van der Waals surface area contributed by atoms with Crippen LogP contribution in [0.3, 0.4) is 0 Å². The van der Waals surface area contributed by atoms with Crippen LogP contribution >= 0.6 is 0 Å². The zero-order chi connectivity index (χ0) is 8.81. The monoisotopic (exact) mass is 167 g/mol. The first kappa shape index (κ1) is 9.20. The van der Waals surface area contributed by atoms with E-state index in [1.807, 2.05) is 24.3 Å². The highest BCUT2D eigenvalue weighted by Gasteiger charge is 1.92. The number of hydrogen-bond donors (Lipinski definition) is 1. The highest BCUT2D eigenvalue weighted by Crippen LogP contribution is 2.06. The van der Waals surface area contributed by atoms with E-state index in [4.69, 9.17) is 5.73 Å². The van der Waals surface area contributed by atoms with Crippen LogP contribution in [0.25, 0.3) is 0 Å². The first-order valence-corrected chi connectivity index (χ1v) is 4.20. The molecule has 0 aliphatic heterocycles. The van der Waals surface area contributed by atoms with Gasteiger partial charge >= 0.3 is 0 Å². The SMILES string of the molecule is NCc1ccc(CCCF)cc1. The lowest BCUT2D eigenvalue weighted by Crippen LogP contribution is -1.96. The van der Waals surface area contributed by atoms with E-state index in [0.717, 1.165) is 12.0 Å². The van der Waals surface area contributed by atoms with Crippen LogP contribution in [0.1, 0.15) is 17.5 Å². The van der Waals surface area contributed by atoms with Gasteiger partial charge in [0.15, 0.2) is 0 Å². The summed E-state index contributed by atoms with van der Waals surface area (Å²) in [5.74, 6) is 0. The summed E-state index contributed by atoms with van der Waals surface area (Å²) < 4.78 is 11.8. The van der Waals surface area contributed by atoms with Gasteiger partial charge in [0.1, 0.15) is 0 Å². The second kappa shape index (κ2) is 4.88. The van der Waals surface area contributed by atoms with Crippen molar-refractivity contribution < 1.29 is 4.39 Å². The third-order valence-corrected chi connectivity index (χ3v) is 1.86. The third kappa shape index (κ3) is 2.62. The predicted octanol–water partition coefficient (Wildman–Crippen LogP) is 2.05. The summed E-state index contributed by atoms with van der Waals surface area (Å²) in [6.45, 7) is 0.335. The number of alkyl halides is 1. The van der Waals surface area contributed by atoms with Gasteiger partial charge in [0.25, 0.3) is 0 Å². The van der Waals surface area contributed by atoms with Crippen LogP contribution in [-0.4, -0.2) is 6.67 Å². The Labute approximate surface area is 72.4 Å². The van der Waals surface area contributed by atoms with Gasteiger partial charge in [0.05, 0.1) is 6.67 Å². The molecule has 0 spiro atoms. The van der Waals surface area contributed by atoms with Crippen LogP contribution in [0.2, 0.25) is 0 Å². The minimum absolute atomic E-state index is 0.237. The van der Waals surface area contributed by atoms with E-state index in [9.17, 15) is 4.39 Å². The van der Waals surface area contributed by atoms with Gasteiger partial charge in [-0.2, -0.15) is 0 Å². The fourth-order valence-corrected chi connectivity index (χ4v) is 1.11. The van der Waals surface area contributed by atoms with E-state index in [0.29, 0.717) is 13.0 Å². The first-order chi connectivity index (χ1) is 5.86. The maximum Gasteiger partial charge on any atom is 0.0897 e. The molecule has 0 fully saturated rings. The molecule has 2 heteroatoms. The quantitative estimate of drug-likeness (QED) is 0.729. The summed E-state index contributed by atoms with van der Waals surface area (Å²) in [5.41, 5.74) is 7.75. The maximum absolute atomic E-state index is 11.8. The Morgan fingerprint density at radius 1 is 1.08 bits per heavy atom. The van der Waals surface area contributed by atoms with Gasteiger partial charge in [0, 0.05) is 6.54 Å². The Bertz CT molecular complexity index is 218. The Hall–Kier alpha value is -0.890. The van der Waals surface area contributed by atoms with Crippen LogP contribution in [0.5, 0.6) is 0 Å². The minimum Gasteiger partial charge on any atom is -0.326 e. The normalized spacial score (nSPS) is 10.2. The summed E-state index contributed by atoms with van der Waals surface area (Å²) in [4.78, 5) is 0. The Kier molecular flexibility index (Phi) is 3.74. The van der Waals surface area contributed by atoms with Gasteiger partial charge in [-0.1, -0.05) is 24.3 Å². The largest absolute Gasteiger partial charge is 0.326 e. The van der Waals surface area contributed by atoms with E-state index < -0.39 is 0 Å². The number of benzene rings is 1. The van der Waals surface area contributed by atoms with Crippen molar-refractivity contribution in [2.24, 2.45) is 5.73 Å². The fourth-order valence-electron chi connectivity index (χ4n) is 1.11. The molecule has 0 bridgehead atoms. The van der Waals surface area contributed by atoms with Gasteiger partial charge < -0.3 is 5.73 Å². The Balaban J connectivity index is 2.53. The molecule has 0 amide bonds. The van der Waals surface area contributed by atoms with E-state index >= 15 is 0 Å². The number of nitrogens with two attached hydrogens (primary N) is 1. The van der Waals surface area contributed by atoms with Gasteiger partial charge in [-0.25, -0.2) is 0 Å². The number of aryl methyl sites for hydroxylation is 1. The Morgan fingerprint density at radius 3 is 2.17 bits per heavy atom. The van der Waals surface area contributed by atoms with Gasteiger partial charge in [-0.15, -0.1) is 0 Å². The van der Waals surface area contributed by atoms with Crippen LogP contribution in [0, 0.1) is 0 Å². The molecule has 0 saturated heterocycles. The second-order valence-electron chi connectivity index (χ2n) is 2.81. The Morgan fingerprint density at radius 2 is 1.67 bits per heavy atom. The molecular formula is C10H14FN. The standard InChI is InChI=1S/C10H14FN/c11-7-1-2-9-3-5-10(8-12)6-4-9/h3-6H,1-2,7-8,12H2. The third-order valence-electron chi connectivity index (χ3n) is 1.86. The molecule has 1 aromatic rings. The average molecular weight is 167 g/mol. The smallest absolute Gasteiger partial charge is 0.0897 e. The van der Waals surface area contributed by atoms with E-state index in [-0.39, 0.29) is 6.67 Å². The van der Waals surface area contributed by atoms with Gasteiger partial charge in [0.2, 0.25) is 0 Å². The molecule has 0 aliphatic rings. The lowest BCUT2D eigenvalue weighted by Gasteiger charge is -2.00. The molecule has 0 aliphatic carbocycles. The highest BCUT2D eigenvalue weighted by molar-refractivity contribution is 5.22. The molecule has 1 nitrogen and oxygen atoms in total. The van der Waals surface area contributed by atoms with Crippen molar-refractivity contribution in [3.05, 3.63) is 35.4 Å². The fraction of sp³-hybridized carbons (Fsp3) is 0.400. The lowest BCUT2D eigenvalue weighted by atomic mass is 10.1. The lowest BCUT2D eigenvalue weighted by molar-refractivity contribution is 0.473. The molecule has 0 radical (unpaired) electrons. The number of hydrogen-bond acceptors (Lipinski definition) is 1. The highest BCUT2D eigenvalue weighted by atomic mass is 19.1. The molecule has 0 heterocycles. The summed E-state index contributed by atoms with van der Waals surface area (Å²) >= 11 is 0. The van der Waals surface area contributed by atoms with Crippen LogP contribution in [-0.2, 0) is 13.0 Å².